The van der Waals surface area contributed by atoms with Crippen LogP contribution < -0.4 is 15.1 Å². The first-order valence-corrected chi connectivity index (χ1v) is 8.45. The van der Waals surface area contributed by atoms with Gasteiger partial charge in [-0.3, -0.25) is 9.69 Å². The Labute approximate surface area is 145 Å². The molecule has 2 saturated heterocycles. The molecule has 0 unspecified atom stereocenters. The molecule has 7 nitrogen and oxygen atoms in total. The normalized spacial score (nSPS) is 20.6. The first-order chi connectivity index (χ1) is 12.1. The number of ether oxygens (including phenoxy) is 2. The number of hydrogen-bond donors (Lipinski definition) is 1. The second kappa shape index (κ2) is 7.69. The number of carbonyl (C=O) groups is 2. The van der Waals surface area contributed by atoms with E-state index in [0.717, 1.165) is 0 Å². The van der Waals surface area contributed by atoms with Gasteiger partial charge < -0.3 is 19.7 Å². The zero-order valence-electron chi connectivity index (χ0n) is 14.2. The van der Waals surface area contributed by atoms with Crippen molar-refractivity contribution in [3.05, 3.63) is 24.0 Å². The van der Waals surface area contributed by atoms with E-state index in [9.17, 15) is 14.0 Å². The Morgan fingerprint density at radius 2 is 2.12 bits per heavy atom. The smallest absolute Gasteiger partial charge is 0.414 e. The van der Waals surface area contributed by atoms with E-state index in [1.54, 1.807) is 19.1 Å². The van der Waals surface area contributed by atoms with Crippen molar-refractivity contribution in [3.8, 4) is 0 Å². The minimum Gasteiger partial charge on any atom is -0.442 e. The Morgan fingerprint density at radius 3 is 2.80 bits per heavy atom. The largest absolute Gasteiger partial charge is 0.442 e. The fourth-order valence-electron chi connectivity index (χ4n) is 2.92. The Bertz CT molecular complexity index is 649. The van der Waals surface area contributed by atoms with Crippen LogP contribution in [0, 0.1) is 5.82 Å². The third-order valence-electron chi connectivity index (χ3n) is 4.32. The van der Waals surface area contributed by atoms with Gasteiger partial charge in [0.05, 0.1) is 37.7 Å². The van der Waals surface area contributed by atoms with Crippen molar-refractivity contribution >= 4 is 23.4 Å². The van der Waals surface area contributed by atoms with E-state index in [4.69, 9.17) is 9.47 Å². The highest BCUT2D eigenvalue weighted by atomic mass is 19.1. The molecule has 2 heterocycles. The van der Waals surface area contributed by atoms with Crippen LogP contribution in [0.25, 0.3) is 0 Å². The molecule has 1 aromatic rings. The summed E-state index contributed by atoms with van der Waals surface area (Å²) in [6.45, 7) is 4.71. The SMILES string of the molecule is CCC(=O)NC[C@H]1CN(c2ccc(N3CCOCC3)c(F)c2)C(=O)O1. The van der Waals surface area contributed by atoms with E-state index in [1.165, 1.54) is 11.0 Å². The average Bonchev–Trinajstić information content (AvgIpc) is 3.01. The Hall–Kier alpha value is -2.35. The highest BCUT2D eigenvalue weighted by molar-refractivity contribution is 5.90. The summed E-state index contributed by atoms with van der Waals surface area (Å²) >= 11 is 0. The lowest BCUT2D eigenvalue weighted by Crippen LogP contribution is -2.36. The molecule has 3 rings (SSSR count). The van der Waals surface area contributed by atoms with Crippen LogP contribution >= 0.6 is 0 Å². The molecule has 8 heteroatoms. The first-order valence-electron chi connectivity index (χ1n) is 8.45. The van der Waals surface area contributed by atoms with Crippen LogP contribution in [0.5, 0.6) is 0 Å². The van der Waals surface area contributed by atoms with Crippen LogP contribution in [0.4, 0.5) is 20.6 Å². The number of carbonyl (C=O) groups excluding carboxylic acids is 2. The third-order valence-corrected chi connectivity index (χ3v) is 4.32. The van der Waals surface area contributed by atoms with Crippen molar-refractivity contribution in [2.75, 3.05) is 49.2 Å². The van der Waals surface area contributed by atoms with E-state index in [-0.39, 0.29) is 24.8 Å². The topological polar surface area (TPSA) is 71.1 Å². The number of halogens is 1. The molecule has 0 bridgehead atoms. The summed E-state index contributed by atoms with van der Waals surface area (Å²) in [5, 5.41) is 2.69. The van der Waals surface area contributed by atoms with Crippen LogP contribution in [0.2, 0.25) is 0 Å². The predicted octanol–water partition coefficient (Wildman–Crippen LogP) is 1.51. The Kier molecular flexibility index (Phi) is 5.37. The van der Waals surface area contributed by atoms with Crippen molar-refractivity contribution < 1.29 is 23.5 Å². The standard InChI is InChI=1S/C17H22FN3O4/c1-2-16(22)19-10-13-11-21(17(23)25-13)12-3-4-15(14(18)9-12)20-5-7-24-8-6-20/h3-4,9,13H,2,5-8,10-11H2,1H3,(H,19,22)/t13-/m0/s1. The summed E-state index contributed by atoms with van der Waals surface area (Å²) in [6.07, 6.45) is -0.599. The molecule has 0 spiro atoms. The number of morpholine rings is 1. The monoisotopic (exact) mass is 351 g/mol. The van der Waals surface area contributed by atoms with Gasteiger partial charge in [0.2, 0.25) is 5.91 Å². The van der Waals surface area contributed by atoms with E-state index in [0.29, 0.717) is 44.1 Å². The number of hydrogen-bond acceptors (Lipinski definition) is 5. The highest BCUT2D eigenvalue weighted by Gasteiger charge is 2.33. The molecule has 136 valence electrons. The number of anilines is 2. The molecule has 1 aromatic carbocycles. The zero-order valence-corrected chi connectivity index (χ0v) is 14.2. The molecule has 2 aliphatic heterocycles. The number of nitrogens with one attached hydrogen (secondary N) is 1. The van der Waals surface area contributed by atoms with Gasteiger partial charge >= 0.3 is 6.09 Å². The molecule has 2 amide bonds. The summed E-state index contributed by atoms with van der Waals surface area (Å²) < 4.78 is 25.0. The maximum absolute atomic E-state index is 14.5. The van der Waals surface area contributed by atoms with Crippen molar-refractivity contribution in [2.45, 2.75) is 19.4 Å². The number of benzene rings is 1. The molecule has 2 aliphatic rings. The van der Waals surface area contributed by atoms with E-state index >= 15 is 0 Å². The third kappa shape index (κ3) is 4.01. The summed E-state index contributed by atoms with van der Waals surface area (Å²) in [5.74, 6) is -0.481. The first kappa shape index (κ1) is 17.5. The van der Waals surface area contributed by atoms with Gasteiger partial charge in [-0.25, -0.2) is 9.18 Å². The number of cyclic esters (lactones) is 1. The predicted molar refractivity (Wildman–Crippen MR) is 90.3 cm³/mol. The van der Waals surface area contributed by atoms with E-state index in [2.05, 4.69) is 5.32 Å². The molecule has 1 N–H and O–H groups in total. The molecule has 2 fully saturated rings. The summed E-state index contributed by atoms with van der Waals surface area (Å²) in [4.78, 5) is 26.7. The Morgan fingerprint density at radius 1 is 1.36 bits per heavy atom. The maximum atomic E-state index is 14.5. The summed E-state index contributed by atoms with van der Waals surface area (Å²) in [5.41, 5.74) is 0.954. The van der Waals surface area contributed by atoms with Crippen molar-refractivity contribution in [1.29, 1.82) is 0 Å². The number of amides is 2. The summed E-state index contributed by atoms with van der Waals surface area (Å²) in [6, 6.07) is 4.73. The van der Waals surface area contributed by atoms with Crippen LogP contribution in [0.1, 0.15) is 13.3 Å². The van der Waals surface area contributed by atoms with Crippen molar-refractivity contribution in [3.63, 3.8) is 0 Å². The van der Waals surface area contributed by atoms with Crippen LogP contribution in [0.15, 0.2) is 18.2 Å². The molecule has 0 radical (unpaired) electrons. The van der Waals surface area contributed by atoms with Crippen LogP contribution in [0.3, 0.4) is 0 Å². The summed E-state index contributed by atoms with van der Waals surface area (Å²) in [7, 11) is 0. The fourth-order valence-corrected chi connectivity index (χ4v) is 2.92. The van der Waals surface area contributed by atoms with Gasteiger partial charge in [0, 0.05) is 19.5 Å². The molecule has 0 aromatic heterocycles. The van der Waals surface area contributed by atoms with Crippen molar-refractivity contribution in [1.82, 2.24) is 5.32 Å². The second-order valence-corrected chi connectivity index (χ2v) is 6.01. The van der Waals surface area contributed by atoms with E-state index in [1.807, 2.05) is 4.90 Å². The van der Waals surface area contributed by atoms with Crippen LogP contribution in [-0.2, 0) is 14.3 Å². The highest BCUT2D eigenvalue weighted by Crippen LogP contribution is 2.28. The van der Waals surface area contributed by atoms with E-state index < -0.39 is 12.2 Å². The molecule has 25 heavy (non-hydrogen) atoms. The van der Waals surface area contributed by atoms with Gasteiger partial charge in [0.15, 0.2) is 0 Å². The van der Waals surface area contributed by atoms with Gasteiger partial charge in [-0.1, -0.05) is 6.92 Å². The van der Waals surface area contributed by atoms with Gasteiger partial charge in [0.1, 0.15) is 11.9 Å². The maximum Gasteiger partial charge on any atom is 0.414 e. The lowest BCUT2D eigenvalue weighted by molar-refractivity contribution is -0.121. The second-order valence-electron chi connectivity index (χ2n) is 6.01. The van der Waals surface area contributed by atoms with Crippen LogP contribution in [-0.4, -0.2) is 57.5 Å². The minimum absolute atomic E-state index is 0.101. The molecule has 0 aliphatic carbocycles. The van der Waals surface area contributed by atoms with Gasteiger partial charge in [0.25, 0.3) is 0 Å². The minimum atomic E-state index is -0.533. The molecule has 1 atom stereocenters. The molecule has 0 saturated carbocycles. The lowest BCUT2D eigenvalue weighted by Gasteiger charge is -2.29. The Balaban J connectivity index is 1.66. The zero-order chi connectivity index (χ0) is 17.8. The number of nitrogens with zero attached hydrogens (tertiary/aromatic N) is 2. The quantitative estimate of drug-likeness (QED) is 0.871. The number of rotatable bonds is 5. The fraction of sp³-hybridized carbons (Fsp3) is 0.529. The van der Waals surface area contributed by atoms with Gasteiger partial charge in [-0.2, -0.15) is 0 Å². The van der Waals surface area contributed by atoms with Gasteiger partial charge in [-0.15, -0.1) is 0 Å². The lowest BCUT2D eigenvalue weighted by atomic mass is 10.2. The van der Waals surface area contributed by atoms with Crippen molar-refractivity contribution in [2.24, 2.45) is 0 Å². The molecular weight excluding hydrogens is 329 g/mol. The van der Waals surface area contributed by atoms with Gasteiger partial charge in [-0.05, 0) is 18.2 Å². The molecular formula is C17H22FN3O4. The average molecular weight is 351 g/mol.